The molecule has 114 valence electrons. The second kappa shape index (κ2) is 5.16. The van der Waals surface area contributed by atoms with E-state index in [9.17, 15) is 4.79 Å². The zero-order chi connectivity index (χ0) is 15.1. The number of aryl methyl sites for hydroxylation is 1. The van der Waals surface area contributed by atoms with Crippen molar-refractivity contribution in [3.63, 3.8) is 0 Å². The van der Waals surface area contributed by atoms with Crippen LogP contribution in [0, 0.1) is 24.7 Å². The van der Waals surface area contributed by atoms with E-state index in [2.05, 4.69) is 15.5 Å². The van der Waals surface area contributed by atoms with Gasteiger partial charge in [0, 0.05) is 23.4 Å². The highest BCUT2D eigenvalue weighted by atomic mass is 16.5. The molecule has 2 saturated carbocycles. The predicted octanol–water partition coefficient (Wildman–Crippen LogP) is 3.50. The lowest BCUT2D eigenvalue weighted by atomic mass is 10.1. The molecule has 1 amide bonds. The van der Waals surface area contributed by atoms with Crippen LogP contribution in [0.3, 0.4) is 0 Å². The van der Waals surface area contributed by atoms with Crippen LogP contribution in [-0.2, 0) is 4.79 Å². The van der Waals surface area contributed by atoms with Gasteiger partial charge in [-0.3, -0.25) is 9.89 Å². The number of nitrogens with zero attached hydrogens (tertiary/aromatic N) is 1. The molecular formula is C17H19N3O2. The predicted molar refractivity (Wildman–Crippen MR) is 82.8 cm³/mol. The van der Waals surface area contributed by atoms with Gasteiger partial charge in [-0.25, -0.2) is 0 Å². The Labute approximate surface area is 129 Å². The maximum absolute atomic E-state index is 12.2. The van der Waals surface area contributed by atoms with E-state index in [1.165, 1.54) is 19.3 Å². The van der Waals surface area contributed by atoms with Gasteiger partial charge in [0.25, 0.3) is 0 Å². The van der Waals surface area contributed by atoms with Crippen LogP contribution in [0.2, 0.25) is 0 Å². The van der Waals surface area contributed by atoms with Gasteiger partial charge in [0.1, 0.15) is 5.75 Å². The number of amides is 1. The molecule has 2 aromatic rings. The van der Waals surface area contributed by atoms with Crippen LogP contribution in [0.15, 0.2) is 30.3 Å². The summed E-state index contributed by atoms with van der Waals surface area (Å²) in [5.41, 5.74) is 1.77. The van der Waals surface area contributed by atoms with Crippen LogP contribution in [0.1, 0.15) is 25.0 Å². The number of hydrogen-bond acceptors (Lipinski definition) is 3. The number of carbonyl (C=O) groups is 1. The quantitative estimate of drug-likeness (QED) is 0.907. The number of benzene rings is 1. The fraction of sp³-hybridized carbons (Fsp3) is 0.412. The van der Waals surface area contributed by atoms with Crippen LogP contribution in [-0.4, -0.2) is 16.1 Å². The highest BCUT2D eigenvalue weighted by molar-refractivity contribution is 5.95. The summed E-state index contributed by atoms with van der Waals surface area (Å²) in [7, 11) is 0. The Balaban J connectivity index is 1.36. The molecule has 0 radical (unpaired) electrons. The van der Waals surface area contributed by atoms with Crippen LogP contribution < -0.4 is 10.1 Å². The second-order valence-electron chi connectivity index (χ2n) is 6.29. The van der Waals surface area contributed by atoms with Crippen molar-refractivity contribution in [1.29, 1.82) is 0 Å². The third kappa shape index (κ3) is 2.47. The summed E-state index contributed by atoms with van der Waals surface area (Å²) in [4.78, 5) is 12.2. The molecule has 2 N–H and O–H groups in total. The molecule has 1 heterocycles. The van der Waals surface area contributed by atoms with Crippen molar-refractivity contribution < 1.29 is 9.53 Å². The van der Waals surface area contributed by atoms with Crippen molar-refractivity contribution in [2.45, 2.75) is 26.2 Å². The molecule has 0 spiro atoms. The molecule has 5 nitrogen and oxygen atoms in total. The molecule has 5 heteroatoms. The molecule has 2 aliphatic carbocycles. The van der Waals surface area contributed by atoms with E-state index < -0.39 is 0 Å². The minimum absolute atomic E-state index is 0.172. The minimum atomic E-state index is 0.172. The summed E-state index contributed by atoms with van der Waals surface area (Å²) < 4.78 is 5.62. The molecule has 0 unspecified atom stereocenters. The molecule has 0 bridgehead atoms. The van der Waals surface area contributed by atoms with Crippen molar-refractivity contribution >= 4 is 11.6 Å². The lowest BCUT2D eigenvalue weighted by molar-refractivity contribution is -0.118. The van der Waals surface area contributed by atoms with Gasteiger partial charge in [-0.05, 0) is 55.9 Å². The van der Waals surface area contributed by atoms with Gasteiger partial charge in [-0.15, -0.1) is 5.10 Å². The first-order valence-electron chi connectivity index (χ1n) is 7.81. The first-order valence-corrected chi connectivity index (χ1v) is 7.81. The maximum atomic E-state index is 12.2. The third-order valence-electron chi connectivity index (χ3n) is 4.74. The number of fused-ring (bicyclic) bond motifs is 1. The first-order chi connectivity index (χ1) is 10.7. The summed E-state index contributed by atoms with van der Waals surface area (Å²) in [6.07, 6.45) is 3.73. The highest BCUT2D eigenvalue weighted by Crippen LogP contribution is 2.57. The first kappa shape index (κ1) is 13.4. The van der Waals surface area contributed by atoms with Crippen molar-refractivity contribution in [3.05, 3.63) is 36.0 Å². The van der Waals surface area contributed by atoms with Gasteiger partial charge in [-0.2, -0.15) is 0 Å². The fourth-order valence-electron chi connectivity index (χ4n) is 3.61. The maximum Gasteiger partial charge on any atom is 0.238 e. The Morgan fingerprint density at radius 2 is 2.00 bits per heavy atom. The number of aromatic nitrogens is 2. The Kier molecular flexibility index (Phi) is 3.13. The van der Waals surface area contributed by atoms with E-state index in [-0.39, 0.29) is 11.8 Å². The number of ether oxygens (including phenoxy) is 1. The number of carbonyl (C=O) groups excluding carboxylic acids is 1. The zero-order valence-corrected chi connectivity index (χ0v) is 12.5. The SMILES string of the molecule is Cc1cc(Oc2ccc(NC(=O)C3[C@@H]4CCC[C@@H]34)cc2)n[nH]1. The smallest absolute Gasteiger partial charge is 0.238 e. The average Bonchev–Trinajstić information content (AvgIpc) is 2.84. The Morgan fingerprint density at radius 1 is 1.27 bits per heavy atom. The Bertz CT molecular complexity index is 682. The number of aromatic amines is 1. The van der Waals surface area contributed by atoms with E-state index >= 15 is 0 Å². The Morgan fingerprint density at radius 3 is 2.64 bits per heavy atom. The van der Waals surface area contributed by atoms with Crippen molar-refractivity contribution in [2.75, 3.05) is 5.32 Å². The standard InChI is InChI=1S/C17H19N3O2/c1-10-9-15(20-19-10)22-12-7-5-11(6-8-12)18-17(21)16-13-3-2-4-14(13)16/h5-9,13-14,16H,2-4H2,1H3,(H,18,21)(H,19,20)/t13-,14-/m1/s1. The Hall–Kier alpha value is -2.30. The number of hydrogen-bond donors (Lipinski definition) is 2. The lowest BCUT2D eigenvalue weighted by Crippen LogP contribution is -2.16. The van der Waals surface area contributed by atoms with Gasteiger partial charge in [-0.1, -0.05) is 6.42 Å². The van der Waals surface area contributed by atoms with Crippen LogP contribution in [0.5, 0.6) is 11.6 Å². The lowest BCUT2D eigenvalue weighted by Gasteiger charge is -2.07. The second-order valence-corrected chi connectivity index (χ2v) is 6.29. The normalized spacial score (nSPS) is 25.6. The number of anilines is 1. The summed E-state index contributed by atoms with van der Waals surface area (Å²) >= 11 is 0. The molecule has 0 saturated heterocycles. The van der Waals surface area contributed by atoms with E-state index in [4.69, 9.17) is 4.74 Å². The van der Waals surface area contributed by atoms with Crippen LogP contribution >= 0.6 is 0 Å². The van der Waals surface area contributed by atoms with E-state index in [1.807, 2.05) is 37.3 Å². The van der Waals surface area contributed by atoms with Crippen molar-refractivity contribution in [3.8, 4) is 11.6 Å². The summed E-state index contributed by atoms with van der Waals surface area (Å²) in [6.45, 7) is 1.92. The third-order valence-corrected chi connectivity index (χ3v) is 4.74. The average molecular weight is 297 g/mol. The molecule has 2 aliphatic rings. The molecule has 0 aliphatic heterocycles. The van der Waals surface area contributed by atoms with Crippen molar-refractivity contribution in [1.82, 2.24) is 10.2 Å². The van der Waals surface area contributed by atoms with Gasteiger partial charge in [0.2, 0.25) is 11.8 Å². The van der Waals surface area contributed by atoms with E-state index in [0.29, 0.717) is 23.5 Å². The molecule has 22 heavy (non-hydrogen) atoms. The van der Waals surface area contributed by atoms with Gasteiger partial charge in [0.15, 0.2) is 0 Å². The molecule has 1 aromatic heterocycles. The van der Waals surface area contributed by atoms with Crippen molar-refractivity contribution in [2.24, 2.45) is 17.8 Å². The van der Waals surface area contributed by atoms with E-state index in [0.717, 1.165) is 11.4 Å². The van der Waals surface area contributed by atoms with Crippen LogP contribution in [0.4, 0.5) is 5.69 Å². The molecule has 4 rings (SSSR count). The van der Waals surface area contributed by atoms with Gasteiger partial charge < -0.3 is 10.1 Å². The van der Waals surface area contributed by atoms with Crippen LogP contribution in [0.25, 0.3) is 0 Å². The molecule has 2 fully saturated rings. The summed E-state index contributed by atoms with van der Waals surface area (Å²) in [5, 5.41) is 9.87. The number of rotatable bonds is 4. The van der Waals surface area contributed by atoms with E-state index in [1.54, 1.807) is 0 Å². The topological polar surface area (TPSA) is 67.0 Å². The zero-order valence-electron chi connectivity index (χ0n) is 12.5. The molecular weight excluding hydrogens is 278 g/mol. The minimum Gasteiger partial charge on any atom is -0.438 e. The number of H-pyrrole nitrogens is 1. The molecule has 2 atom stereocenters. The molecule has 1 aromatic carbocycles. The number of nitrogens with one attached hydrogen (secondary N) is 2. The summed E-state index contributed by atoms with van der Waals surface area (Å²) in [5.74, 6) is 2.95. The van der Waals surface area contributed by atoms with Gasteiger partial charge >= 0.3 is 0 Å². The monoisotopic (exact) mass is 297 g/mol. The highest BCUT2D eigenvalue weighted by Gasteiger charge is 2.56. The largest absolute Gasteiger partial charge is 0.438 e. The summed E-state index contributed by atoms with van der Waals surface area (Å²) in [6, 6.07) is 9.25. The van der Waals surface area contributed by atoms with Gasteiger partial charge in [0.05, 0.1) is 0 Å². The fourth-order valence-corrected chi connectivity index (χ4v) is 3.61.